The number of fused-ring (bicyclic) bond motifs is 1. The summed E-state index contributed by atoms with van der Waals surface area (Å²) >= 11 is 0. The number of hydrogen-bond acceptors (Lipinski definition) is 3. The van der Waals surface area contributed by atoms with Crippen LogP contribution in [0.15, 0.2) is 54.7 Å². The van der Waals surface area contributed by atoms with E-state index in [1.54, 1.807) is 24.3 Å². The predicted molar refractivity (Wildman–Crippen MR) is 96.2 cm³/mol. The minimum atomic E-state index is -0.532. The zero-order valence-electron chi connectivity index (χ0n) is 13.8. The number of amides is 2. The lowest BCUT2D eigenvalue weighted by atomic mass is 10.0. The molecule has 1 atom stereocenters. The van der Waals surface area contributed by atoms with Crippen LogP contribution in [0.5, 0.6) is 0 Å². The van der Waals surface area contributed by atoms with Crippen LogP contribution in [-0.4, -0.2) is 16.8 Å². The standard InChI is InChI=1S/C20H16FN3O2/c21-16-11-14(9-13-4-2-8-22-19(13)16)20(26)23-15-5-1-3-12(10-15)17-6-7-18(25)24-17/h1-5,8-11,17H,6-7H2,(H,23,26)(H,24,25). The second kappa shape index (κ2) is 6.55. The van der Waals surface area contributed by atoms with Crippen LogP contribution in [0.3, 0.4) is 0 Å². The van der Waals surface area contributed by atoms with Crippen LogP contribution in [0.2, 0.25) is 0 Å². The van der Waals surface area contributed by atoms with Crippen LogP contribution in [0, 0.1) is 5.82 Å². The normalized spacial score (nSPS) is 16.5. The Morgan fingerprint density at radius 1 is 1.19 bits per heavy atom. The second-order valence-electron chi connectivity index (χ2n) is 6.27. The zero-order valence-corrected chi connectivity index (χ0v) is 13.8. The van der Waals surface area contributed by atoms with Crippen LogP contribution in [-0.2, 0) is 4.79 Å². The highest BCUT2D eigenvalue weighted by Gasteiger charge is 2.22. The largest absolute Gasteiger partial charge is 0.349 e. The monoisotopic (exact) mass is 349 g/mol. The number of anilines is 1. The van der Waals surface area contributed by atoms with E-state index in [-0.39, 0.29) is 23.0 Å². The Kier molecular flexibility index (Phi) is 4.08. The van der Waals surface area contributed by atoms with Crippen molar-refractivity contribution in [3.8, 4) is 0 Å². The van der Waals surface area contributed by atoms with E-state index in [1.165, 1.54) is 12.3 Å². The van der Waals surface area contributed by atoms with Crippen molar-refractivity contribution in [2.24, 2.45) is 0 Å². The van der Waals surface area contributed by atoms with Gasteiger partial charge in [-0.1, -0.05) is 18.2 Å². The topological polar surface area (TPSA) is 71.1 Å². The first-order valence-corrected chi connectivity index (χ1v) is 8.35. The smallest absolute Gasteiger partial charge is 0.255 e. The van der Waals surface area contributed by atoms with E-state index in [9.17, 15) is 14.0 Å². The molecule has 26 heavy (non-hydrogen) atoms. The van der Waals surface area contributed by atoms with Crippen molar-refractivity contribution in [3.63, 3.8) is 0 Å². The Morgan fingerprint density at radius 2 is 2.08 bits per heavy atom. The molecule has 0 saturated carbocycles. The van der Waals surface area contributed by atoms with Gasteiger partial charge in [0.2, 0.25) is 5.91 Å². The Balaban J connectivity index is 1.58. The van der Waals surface area contributed by atoms with Crippen LogP contribution < -0.4 is 10.6 Å². The van der Waals surface area contributed by atoms with Crippen LogP contribution in [0.25, 0.3) is 10.9 Å². The summed E-state index contributed by atoms with van der Waals surface area (Å²) in [5.41, 5.74) is 1.99. The quantitative estimate of drug-likeness (QED) is 0.759. The molecule has 1 fully saturated rings. The summed E-state index contributed by atoms with van der Waals surface area (Å²) in [5.74, 6) is -0.900. The van der Waals surface area contributed by atoms with Gasteiger partial charge in [-0.25, -0.2) is 4.39 Å². The van der Waals surface area contributed by atoms with Crippen LogP contribution in [0.4, 0.5) is 10.1 Å². The molecule has 6 heteroatoms. The molecule has 2 amide bonds. The summed E-state index contributed by atoms with van der Waals surface area (Å²) in [6.45, 7) is 0. The maximum Gasteiger partial charge on any atom is 0.255 e. The summed E-state index contributed by atoms with van der Waals surface area (Å²) in [6.07, 6.45) is 2.75. The number of carbonyl (C=O) groups is 2. The molecule has 0 aliphatic carbocycles. The van der Waals surface area contributed by atoms with E-state index < -0.39 is 11.7 Å². The lowest BCUT2D eigenvalue weighted by molar-refractivity contribution is -0.119. The van der Waals surface area contributed by atoms with Crippen molar-refractivity contribution in [3.05, 3.63) is 71.7 Å². The first-order chi connectivity index (χ1) is 12.6. The highest BCUT2D eigenvalue weighted by molar-refractivity contribution is 6.06. The fourth-order valence-electron chi connectivity index (χ4n) is 3.18. The number of benzene rings is 2. The number of pyridine rings is 1. The minimum Gasteiger partial charge on any atom is -0.349 e. The molecule has 0 bridgehead atoms. The molecule has 1 aliphatic heterocycles. The van der Waals surface area contributed by atoms with Gasteiger partial charge >= 0.3 is 0 Å². The maximum absolute atomic E-state index is 14.2. The molecule has 1 aliphatic rings. The first kappa shape index (κ1) is 16.2. The molecular formula is C20H16FN3O2. The molecule has 4 rings (SSSR count). The summed E-state index contributed by atoms with van der Waals surface area (Å²) < 4.78 is 14.2. The Labute approximate surface area is 149 Å². The summed E-state index contributed by atoms with van der Waals surface area (Å²) in [6, 6.07) is 13.5. The lowest BCUT2D eigenvalue weighted by Gasteiger charge is -2.13. The predicted octanol–water partition coefficient (Wildman–Crippen LogP) is 3.58. The van der Waals surface area contributed by atoms with Crippen molar-refractivity contribution in [2.45, 2.75) is 18.9 Å². The van der Waals surface area contributed by atoms with E-state index in [0.717, 1.165) is 12.0 Å². The molecule has 0 spiro atoms. The van der Waals surface area contributed by atoms with Crippen molar-refractivity contribution < 1.29 is 14.0 Å². The average Bonchev–Trinajstić information content (AvgIpc) is 3.08. The molecule has 0 radical (unpaired) electrons. The number of halogens is 1. The van der Waals surface area contributed by atoms with Crippen LogP contribution in [0.1, 0.15) is 34.8 Å². The van der Waals surface area contributed by atoms with Crippen molar-refractivity contribution in [1.82, 2.24) is 10.3 Å². The van der Waals surface area contributed by atoms with E-state index in [1.807, 2.05) is 18.2 Å². The van der Waals surface area contributed by atoms with Gasteiger partial charge in [0.25, 0.3) is 5.91 Å². The summed E-state index contributed by atoms with van der Waals surface area (Å²) in [7, 11) is 0. The van der Waals surface area contributed by atoms with Gasteiger partial charge in [-0.05, 0) is 42.3 Å². The van der Waals surface area contributed by atoms with Gasteiger partial charge in [0.15, 0.2) is 0 Å². The SMILES string of the molecule is O=C1CCC(c2cccc(NC(=O)c3cc(F)c4ncccc4c3)c2)N1. The highest BCUT2D eigenvalue weighted by atomic mass is 19.1. The fourth-order valence-corrected chi connectivity index (χ4v) is 3.18. The summed E-state index contributed by atoms with van der Waals surface area (Å²) in [5, 5.41) is 6.26. The van der Waals surface area contributed by atoms with Crippen LogP contribution >= 0.6 is 0 Å². The third-order valence-corrected chi connectivity index (χ3v) is 4.46. The molecule has 130 valence electrons. The number of hydrogen-bond donors (Lipinski definition) is 2. The number of aromatic nitrogens is 1. The molecule has 5 nitrogen and oxygen atoms in total. The van der Waals surface area contributed by atoms with E-state index >= 15 is 0 Å². The fraction of sp³-hybridized carbons (Fsp3) is 0.150. The van der Waals surface area contributed by atoms with E-state index in [0.29, 0.717) is 17.5 Å². The minimum absolute atomic E-state index is 0.0321. The second-order valence-corrected chi connectivity index (χ2v) is 6.27. The van der Waals surface area contributed by atoms with E-state index in [2.05, 4.69) is 15.6 Å². The number of nitrogens with one attached hydrogen (secondary N) is 2. The zero-order chi connectivity index (χ0) is 18.1. The number of rotatable bonds is 3. The molecule has 1 saturated heterocycles. The number of carbonyl (C=O) groups excluding carboxylic acids is 2. The molecule has 3 aromatic rings. The molecule has 1 aromatic heterocycles. The molecule has 2 aromatic carbocycles. The molecule has 2 heterocycles. The Morgan fingerprint density at radius 3 is 2.88 bits per heavy atom. The van der Waals surface area contributed by atoms with Gasteiger partial charge < -0.3 is 10.6 Å². The van der Waals surface area contributed by atoms with Gasteiger partial charge in [-0.2, -0.15) is 0 Å². The number of nitrogens with zero attached hydrogens (tertiary/aromatic N) is 1. The highest BCUT2D eigenvalue weighted by Crippen LogP contribution is 2.26. The van der Waals surface area contributed by atoms with Crippen molar-refractivity contribution in [1.29, 1.82) is 0 Å². The average molecular weight is 349 g/mol. The Bertz CT molecular complexity index is 1020. The third kappa shape index (κ3) is 3.13. The van der Waals surface area contributed by atoms with Gasteiger partial charge in [0.1, 0.15) is 11.3 Å². The third-order valence-electron chi connectivity index (χ3n) is 4.46. The molecule has 1 unspecified atom stereocenters. The Hall–Kier alpha value is -3.28. The molecule has 2 N–H and O–H groups in total. The van der Waals surface area contributed by atoms with Gasteiger partial charge in [0, 0.05) is 29.3 Å². The maximum atomic E-state index is 14.2. The van der Waals surface area contributed by atoms with E-state index in [4.69, 9.17) is 0 Å². The van der Waals surface area contributed by atoms with Crippen molar-refractivity contribution >= 4 is 28.4 Å². The van der Waals surface area contributed by atoms with Gasteiger partial charge in [0.05, 0.1) is 6.04 Å². The van der Waals surface area contributed by atoms with Crippen molar-refractivity contribution in [2.75, 3.05) is 5.32 Å². The summed E-state index contributed by atoms with van der Waals surface area (Å²) in [4.78, 5) is 27.9. The first-order valence-electron chi connectivity index (χ1n) is 8.35. The molecular weight excluding hydrogens is 333 g/mol. The van der Waals surface area contributed by atoms with Gasteiger partial charge in [-0.15, -0.1) is 0 Å². The van der Waals surface area contributed by atoms with Gasteiger partial charge in [-0.3, -0.25) is 14.6 Å². The lowest BCUT2D eigenvalue weighted by Crippen LogP contribution is -2.18.